The lowest BCUT2D eigenvalue weighted by atomic mass is 9.91. The highest BCUT2D eigenvalue weighted by Crippen LogP contribution is 2.24. The lowest BCUT2D eigenvalue weighted by Crippen LogP contribution is -2.29. The van der Waals surface area contributed by atoms with Crippen LogP contribution in [0.25, 0.3) is 0 Å². The fourth-order valence-corrected chi connectivity index (χ4v) is 4.60. The molecule has 0 amide bonds. The van der Waals surface area contributed by atoms with Crippen LogP contribution >= 0.6 is 0 Å². The van der Waals surface area contributed by atoms with Crippen molar-refractivity contribution < 1.29 is 19.7 Å². The van der Waals surface area contributed by atoms with Gasteiger partial charge in [-0.3, -0.25) is 0 Å². The largest absolute Gasteiger partial charge is 0.427 e. The van der Waals surface area contributed by atoms with Crippen LogP contribution in [0.5, 0.6) is 0 Å². The number of hydrogen-bond acceptors (Lipinski definition) is 5. The predicted octanol–water partition coefficient (Wildman–Crippen LogP) is 7.34. The van der Waals surface area contributed by atoms with E-state index in [1.54, 1.807) is 6.07 Å². The molecule has 0 bridgehead atoms. The van der Waals surface area contributed by atoms with Gasteiger partial charge < -0.3 is 19.7 Å². The van der Waals surface area contributed by atoms with Crippen molar-refractivity contribution in [1.82, 2.24) is 0 Å². The maximum absolute atomic E-state index is 12.2. The molecule has 0 aromatic carbocycles. The van der Waals surface area contributed by atoms with Crippen molar-refractivity contribution in [3.63, 3.8) is 0 Å². The third kappa shape index (κ3) is 11.7. The summed E-state index contributed by atoms with van der Waals surface area (Å²) in [6.45, 7) is 17.7. The second-order valence-corrected chi connectivity index (χ2v) is 11.1. The zero-order chi connectivity index (χ0) is 29.7. The fourth-order valence-electron chi connectivity index (χ4n) is 4.60. The molecular formula is C34H52O5. The molecule has 0 fully saturated rings. The van der Waals surface area contributed by atoms with Crippen LogP contribution in [-0.2, 0) is 6.42 Å². The zero-order valence-corrected chi connectivity index (χ0v) is 25.6. The third-order valence-corrected chi connectivity index (χ3v) is 7.48. The highest BCUT2D eigenvalue weighted by molar-refractivity contribution is 5.25. The lowest BCUT2D eigenvalue weighted by Gasteiger charge is -2.24. The first-order valence-corrected chi connectivity index (χ1v) is 14.3. The van der Waals surface area contributed by atoms with Crippen molar-refractivity contribution in [3.05, 3.63) is 92.1 Å². The van der Waals surface area contributed by atoms with Crippen LogP contribution in [0.3, 0.4) is 0 Å². The molecule has 0 saturated heterocycles. The summed E-state index contributed by atoms with van der Waals surface area (Å²) in [5, 5.41) is 31.6. The van der Waals surface area contributed by atoms with Gasteiger partial charge in [0.05, 0.1) is 18.3 Å². The number of hydrogen-bond donors (Lipinski definition) is 3. The van der Waals surface area contributed by atoms with Crippen molar-refractivity contribution in [3.8, 4) is 0 Å². The van der Waals surface area contributed by atoms with E-state index in [0.717, 1.165) is 29.6 Å². The van der Waals surface area contributed by atoms with Crippen molar-refractivity contribution in [1.29, 1.82) is 0 Å². The molecule has 5 nitrogen and oxygen atoms in total. The maximum atomic E-state index is 12.2. The Kier molecular flexibility index (Phi) is 15.3. The number of aliphatic hydroxyl groups is 3. The van der Waals surface area contributed by atoms with Gasteiger partial charge in [-0.15, -0.1) is 0 Å². The van der Waals surface area contributed by atoms with E-state index < -0.39 is 18.3 Å². The van der Waals surface area contributed by atoms with Crippen molar-refractivity contribution in [2.24, 2.45) is 5.92 Å². The Morgan fingerprint density at radius 2 is 1.59 bits per heavy atom. The molecule has 0 aliphatic heterocycles. The summed E-state index contributed by atoms with van der Waals surface area (Å²) in [4.78, 5) is 12.2. The second-order valence-electron chi connectivity index (χ2n) is 11.1. The molecule has 1 heterocycles. The Morgan fingerprint density at radius 1 is 0.923 bits per heavy atom. The van der Waals surface area contributed by atoms with E-state index in [9.17, 15) is 20.1 Å². The van der Waals surface area contributed by atoms with E-state index in [4.69, 9.17) is 4.42 Å². The van der Waals surface area contributed by atoms with Crippen molar-refractivity contribution in [2.45, 2.75) is 119 Å². The first-order valence-electron chi connectivity index (χ1n) is 14.3. The molecule has 218 valence electrons. The van der Waals surface area contributed by atoms with Crippen LogP contribution in [0.2, 0.25) is 0 Å². The van der Waals surface area contributed by atoms with E-state index in [2.05, 4.69) is 26.0 Å². The lowest BCUT2D eigenvalue weighted by molar-refractivity contribution is 0.0415. The van der Waals surface area contributed by atoms with Crippen molar-refractivity contribution in [2.75, 3.05) is 0 Å². The Hall–Kier alpha value is -2.47. The Balaban J connectivity index is 2.70. The average Bonchev–Trinajstić information content (AvgIpc) is 2.90. The predicted molar refractivity (Wildman–Crippen MR) is 163 cm³/mol. The first kappa shape index (κ1) is 34.6. The summed E-state index contributed by atoms with van der Waals surface area (Å²) < 4.78 is 5.49. The van der Waals surface area contributed by atoms with Gasteiger partial charge >= 0.3 is 5.63 Å². The SMILES string of the molecule is C/C=C(\C)C(O)C(C)C(O)C/C=C(C)/C=C(\C)C/C(C)=C/C/C=C(\C)C(O)C(C)c1ccc(CCC)c(=O)o1. The van der Waals surface area contributed by atoms with Crippen LogP contribution in [0.1, 0.15) is 105 Å². The van der Waals surface area contributed by atoms with Crippen LogP contribution in [0, 0.1) is 5.92 Å². The summed E-state index contributed by atoms with van der Waals surface area (Å²) in [6, 6.07) is 3.61. The monoisotopic (exact) mass is 540 g/mol. The molecule has 0 aliphatic carbocycles. The smallest absolute Gasteiger partial charge is 0.339 e. The highest BCUT2D eigenvalue weighted by Gasteiger charge is 2.23. The maximum Gasteiger partial charge on any atom is 0.339 e. The fraction of sp³-hybridized carbons (Fsp3) is 0.559. The van der Waals surface area contributed by atoms with E-state index >= 15 is 0 Å². The third-order valence-electron chi connectivity index (χ3n) is 7.48. The van der Waals surface area contributed by atoms with Gasteiger partial charge in [-0.25, -0.2) is 4.79 Å². The van der Waals surface area contributed by atoms with Gasteiger partial charge in [0.15, 0.2) is 0 Å². The summed E-state index contributed by atoms with van der Waals surface area (Å²) >= 11 is 0. The number of allylic oxidation sites excluding steroid dienone is 7. The van der Waals surface area contributed by atoms with Gasteiger partial charge in [0.1, 0.15) is 5.76 Å². The van der Waals surface area contributed by atoms with Crippen LogP contribution in [0.15, 0.2) is 79.6 Å². The normalized spacial score (nSPS) is 18.1. The highest BCUT2D eigenvalue weighted by atomic mass is 16.4. The van der Waals surface area contributed by atoms with Crippen LogP contribution in [-0.4, -0.2) is 33.6 Å². The molecule has 5 unspecified atom stereocenters. The molecule has 5 atom stereocenters. The quantitative estimate of drug-likeness (QED) is 0.160. The standard InChI is InChI=1S/C34H52O5/c1-10-13-29-17-19-31(39-34(29)38)28(9)33(37)26(7)15-12-14-22(3)20-24(5)21-23(4)16-18-30(35)27(8)32(36)25(6)11-2/h11,14-17,19,21,27-28,30,32-33,35-37H,10,12-13,18,20H2,1-9H3/b22-14+,23-16+,24-21+,25-11+,26-15+. The Morgan fingerprint density at radius 3 is 2.18 bits per heavy atom. The van der Waals surface area contributed by atoms with Crippen LogP contribution < -0.4 is 5.63 Å². The molecule has 39 heavy (non-hydrogen) atoms. The summed E-state index contributed by atoms with van der Waals surface area (Å²) in [5.74, 6) is -0.0444. The van der Waals surface area contributed by atoms with Gasteiger partial charge in [0, 0.05) is 17.4 Å². The van der Waals surface area contributed by atoms with Gasteiger partial charge in [-0.05, 0) is 90.5 Å². The molecule has 0 saturated carbocycles. The topological polar surface area (TPSA) is 90.9 Å². The van der Waals surface area contributed by atoms with Crippen molar-refractivity contribution >= 4 is 0 Å². The van der Waals surface area contributed by atoms with Gasteiger partial charge in [0.2, 0.25) is 0 Å². The molecule has 0 radical (unpaired) electrons. The first-order chi connectivity index (χ1) is 18.3. The van der Waals surface area contributed by atoms with E-state index in [1.807, 2.05) is 72.8 Å². The molecule has 3 N–H and O–H groups in total. The molecule has 1 rings (SSSR count). The number of aliphatic hydroxyl groups excluding tert-OH is 3. The molecule has 0 spiro atoms. The zero-order valence-electron chi connectivity index (χ0n) is 25.6. The Bertz CT molecular complexity index is 1110. The summed E-state index contributed by atoms with van der Waals surface area (Å²) in [6.07, 6.45) is 11.9. The minimum absolute atomic E-state index is 0.233. The minimum atomic E-state index is -0.727. The number of aryl methyl sites for hydroxylation is 1. The van der Waals surface area contributed by atoms with E-state index in [-0.39, 0.29) is 17.5 Å². The van der Waals surface area contributed by atoms with Crippen LogP contribution in [0.4, 0.5) is 0 Å². The number of rotatable bonds is 15. The average molecular weight is 541 g/mol. The van der Waals surface area contributed by atoms with Gasteiger partial charge in [-0.1, -0.05) is 74.3 Å². The summed E-state index contributed by atoms with van der Waals surface area (Å²) in [5.41, 5.74) is 5.63. The Labute approximate surface area is 236 Å². The van der Waals surface area contributed by atoms with Gasteiger partial charge in [0.25, 0.3) is 0 Å². The second kappa shape index (κ2) is 17.3. The van der Waals surface area contributed by atoms with E-state index in [1.165, 1.54) is 11.1 Å². The summed E-state index contributed by atoms with van der Waals surface area (Å²) in [7, 11) is 0. The molecular weight excluding hydrogens is 488 g/mol. The molecule has 1 aromatic heterocycles. The van der Waals surface area contributed by atoms with Gasteiger partial charge in [-0.2, -0.15) is 0 Å². The molecule has 1 aromatic rings. The van der Waals surface area contributed by atoms with E-state index in [0.29, 0.717) is 30.6 Å². The minimum Gasteiger partial charge on any atom is -0.427 e. The molecule has 0 aliphatic rings. The molecule has 5 heteroatoms.